The van der Waals surface area contributed by atoms with Gasteiger partial charge in [-0.25, -0.2) is 0 Å². The third-order valence-corrected chi connectivity index (χ3v) is 8.74. The van der Waals surface area contributed by atoms with Gasteiger partial charge in [0.1, 0.15) is 0 Å². The number of rotatable bonds is 5. The number of benzene rings is 1. The zero-order valence-electron chi connectivity index (χ0n) is 12.6. The predicted octanol–water partition coefficient (Wildman–Crippen LogP) is 5.57. The molecule has 3 heteroatoms. The van der Waals surface area contributed by atoms with E-state index in [2.05, 4.69) is 96.9 Å². The third kappa shape index (κ3) is 5.40. The first-order valence-electron chi connectivity index (χ1n) is 6.75. The molecule has 0 spiro atoms. The molecule has 0 aliphatic rings. The van der Waals surface area contributed by atoms with E-state index < -0.39 is 8.32 Å². The molecule has 1 aromatic rings. The average Bonchev–Trinajstić information content (AvgIpc) is 2.28. The molecule has 1 aromatic carbocycles. The Hall–Kier alpha value is -0.133. The van der Waals surface area contributed by atoms with Gasteiger partial charge in [0, 0.05) is 6.42 Å². The van der Waals surface area contributed by atoms with Gasteiger partial charge >= 0.3 is 0 Å². The summed E-state index contributed by atoms with van der Waals surface area (Å²) in [6, 6.07) is 10.6. The summed E-state index contributed by atoms with van der Waals surface area (Å²) in [6.07, 6.45) is 3.31. The fourth-order valence-electron chi connectivity index (χ4n) is 1.63. The highest BCUT2D eigenvalue weighted by molar-refractivity contribution is 14.1. The van der Waals surface area contributed by atoms with Crippen molar-refractivity contribution in [2.75, 3.05) is 0 Å². The molecule has 19 heavy (non-hydrogen) atoms. The molecule has 0 saturated carbocycles. The van der Waals surface area contributed by atoms with Gasteiger partial charge in [-0.2, -0.15) is 0 Å². The first-order valence-corrected chi connectivity index (χ1v) is 10.9. The molecule has 0 amide bonds. The number of hydrogen-bond donors (Lipinski definition) is 0. The van der Waals surface area contributed by atoms with Crippen LogP contribution in [-0.2, 0) is 10.8 Å². The van der Waals surface area contributed by atoms with Crippen molar-refractivity contribution < 1.29 is 4.43 Å². The smallest absolute Gasteiger partial charge is 0.192 e. The van der Waals surface area contributed by atoms with Crippen molar-refractivity contribution in [1.82, 2.24) is 0 Å². The zero-order chi connectivity index (χ0) is 14.5. The van der Waals surface area contributed by atoms with Crippen LogP contribution in [-0.4, -0.2) is 14.4 Å². The Morgan fingerprint density at radius 3 is 2.26 bits per heavy atom. The first kappa shape index (κ1) is 16.9. The van der Waals surface area contributed by atoms with Crippen LogP contribution in [0, 0.1) is 0 Å². The second kappa shape index (κ2) is 7.04. The SMILES string of the molecule is CC(C)(C)[Si](C)(C)OC(C=CI)Cc1ccccc1. The van der Waals surface area contributed by atoms with E-state index in [1.54, 1.807) is 0 Å². The predicted molar refractivity (Wildman–Crippen MR) is 95.4 cm³/mol. The van der Waals surface area contributed by atoms with E-state index in [1.165, 1.54) is 5.56 Å². The zero-order valence-corrected chi connectivity index (χ0v) is 15.8. The van der Waals surface area contributed by atoms with Crippen LogP contribution in [0.1, 0.15) is 26.3 Å². The van der Waals surface area contributed by atoms with Gasteiger partial charge in [0.05, 0.1) is 6.10 Å². The highest BCUT2D eigenvalue weighted by Gasteiger charge is 2.38. The lowest BCUT2D eigenvalue weighted by Crippen LogP contribution is -2.44. The molecule has 1 rings (SSSR count). The quantitative estimate of drug-likeness (QED) is 0.473. The molecule has 1 atom stereocenters. The van der Waals surface area contributed by atoms with Gasteiger partial charge in [-0.15, -0.1) is 0 Å². The van der Waals surface area contributed by atoms with Crippen LogP contribution in [0.3, 0.4) is 0 Å². The van der Waals surface area contributed by atoms with Crippen molar-refractivity contribution in [2.45, 2.75) is 51.4 Å². The van der Waals surface area contributed by atoms with Crippen LogP contribution >= 0.6 is 22.6 Å². The van der Waals surface area contributed by atoms with Crippen LogP contribution in [0.4, 0.5) is 0 Å². The van der Waals surface area contributed by atoms with E-state index in [0.29, 0.717) is 0 Å². The molecule has 1 nitrogen and oxygen atoms in total. The third-order valence-electron chi connectivity index (χ3n) is 3.82. The van der Waals surface area contributed by atoms with E-state index in [9.17, 15) is 0 Å². The van der Waals surface area contributed by atoms with Gasteiger partial charge in [-0.3, -0.25) is 0 Å². The van der Waals surface area contributed by atoms with Crippen LogP contribution < -0.4 is 0 Å². The Morgan fingerprint density at radius 2 is 1.79 bits per heavy atom. The molecule has 0 bridgehead atoms. The van der Waals surface area contributed by atoms with Crippen molar-refractivity contribution in [3.05, 3.63) is 46.1 Å². The molecule has 0 N–H and O–H groups in total. The Labute approximate surface area is 132 Å². The molecule has 0 aliphatic heterocycles. The van der Waals surface area contributed by atoms with E-state index in [4.69, 9.17) is 4.43 Å². The van der Waals surface area contributed by atoms with Crippen LogP contribution in [0.15, 0.2) is 40.5 Å². The Kier molecular flexibility index (Phi) is 6.27. The van der Waals surface area contributed by atoms with Crippen molar-refractivity contribution in [3.63, 3.8) is 0 Å². The maximum atomic E-state index is 6.49. The van der Waals surface area contributed by atoms with Gasteiger partial charge in [0.15, 0.2) is 8.32 Å². The fraction of sp³-hybridized carbons (Fsp3) is 0.500. The van der Waals surface area contributed by atoms with Gasteiger partial charge < -0.3 is 4.43 Å². The molecule has 106 valence electrons. The molecule has 0 fully saturated rings. The van der Waals surface area contributed by atoms with Crippen molar-refractivity contribution in [3.8, 4) is 0 Å². The molecule has 0 saturated heterocycles. The van der Waals surface area contributed by atoms with Gasteiger partial charge in [-0.05, 0) is 27.8 Å². The van der Waals surface area contributed by atoms with E-state index >= 15 is 0 Å². The Balaban J connectivity index is 2.80. The van der Waals surface area contributed by atoms with Crippen LogP contribution in [0.2, 0.25) is 18.1 Å². The number of halogens is 1. The van der Waals surface area contributed by atoms with Crippen LogP contribution in [0.25, 0.3) is 0 Å². The van der Waals surface area contributed by atoms with Crippen molar-refractivity contribution in [2.24, 2.45) is 0 Å². The molecular formula is C16H25IOSi. The maximum Gasteiger partial charge on any atom is 0.192 e. The van der Waals surface area contributed by atoms with Gasteiger partial charge in [-0.1, -0.05) is 79.8 Å². The molecule has 0 aromatic heterocycles. The summed E-state index contributed by atoms with van der Waals surface area (Å²) in [4.78, 5) is 0. The van der Waals surface area contributed by atoms with Gasteiger partial charge in [0.25, 0.3) is 0 Å². The average molecular weight is 388 g/mol. The standard InChI is InChI=1S/C16H25IOSi/c1-16(2,3)19(4,5)18-15(11-12-17)13-14-9-7-6-8-10-14/h6-12,15H,13H2,1-5H3. The summed E-state index contributed by atoms with van der Waals surface area (Å²) >= 11 is 2.27. The Morgan fingerprint density at radius 1 is 1.21 bits per heavy atom. The van der Waals surface area contributed by atoms with Gasteiger partial charge in [0.2, 0.25) is 0 Å². The minimum absolute atomic E-state index is 0.181. The lowest BCUT2D eigenvalue weighted by Gasteiger charge is -2.38. The van der Waals surface area contributed by atoms with E-state index in [0.717, 1.165) is 6.42 Å². The maximum absolute atomic E-state index is 6.49. The highest BCUT2D eigenvalue weighted by Crippen LogP contribution is 2.37. The summed E-state index contributed by atoms with van der Waals surface area (Å²) in [5.41, 5.74) is 1.33. The summed E-state index contributed by atoms with van der Waals surface area (Å²) < 4.78 is 8.56. The first-order chi connectivity index (χ1) is 8.76. The molecule has 0 heterocycles. The summed E-state index contributed by atoms with van der Waals surface area (Å²) in [7, 11) is -1.71. The lowest BCUT2D eigenvalue weighted by atomic mass is 10.1. The molecule has 0 radical (unpaired) electrons. The highest BCUT2D eigenvalue weighted by atomic mass is 127. The molecular weight excluding hydrogens is 363 g/mol. The minimum Gasteiger partial charge on any atom is -0.410 e. The minimum atomic E-state index is -1.71. The molecule has 0 aliphatic carbocycles. The van der Waals surface area contributed by atoms with E-state index in [-0.39, 0.29) is 11.1 Å². The monoisotopic (exact) mass is 388 g/mol. The summed E-state index contributed by atoms with van der Waals surface area (Å²) in [5.74, 6) is 0. The largest absolute Gasteiger partial charge is 0.410 e. The second-order valence-corrected chi connectivity index (χ2v) is 11.9. The van der Waals surface area contributed by atoms with Crippen LogP contribution in [0.5, 0.6) is 0 Å². The van der Waals surface area contributed by atoms with Crippen molar-refractivity contribution in [1.29, 1.82) is 0 Å². The second-order valence-electron chi connectivity index (χ2n) is 6.42. The Bertz CT molecular complexity index is 407. The normalized spacial score (nSPS) is 14.8. The lowest BCUT2D eigenvalue weighted by molar-refractivity contribution is 0.225. The topological polar surface area (TPSA) is 9.23 Å². The van der Waals surface area contributed by atoms with E-state index in [1.807, 2.05) is 0 Å². The fourth-order valence-corrected chi connectivity index (χ4v) is 3.37. The number of hydrogen-bond acceptors (Lipinski definition) is 1. The summed E-state index contributed by atoms with van der Waals surface area (Å²) in [5, 5.41) is 0.251. The summed E-state index contributed by atoms with van der Waals surface area (Å²) in [6.45, 7) is 11.5. The van der Waals surface area contributed by atoms with Crippen molar-refractivity contribution >= 4 is 30.9 Å². The molecule has 1 unspecified atom stereocenters.